The van der Waals surface area contributed by atoms with Crippen molar-refractivity contribution in [3.05, 3.63) is 68.7 Å². The molecule has 2 atom stereocenters. The lowest BCUT2D eigenvalue weighted by molar-refractivity contribution is -0.385. The number of benzene rings is 2. The first-order valence-electron chi connectivity index (χ1n) is 8.35. The van der Waals surface area contributed by atoms with Crippen molar-refractivity contribution in [3.63, 3.8) is 0 Å². The molecule has 2 aromatic carbocycles. The second-order valence-corrected chi connectivity index (χ2v) is 6.79. The van der Waals surface area contributed by atoms with Crippen LogP contribution < -0.4 is 4.90 Å². The number of carbonyl (C=O) groups excluding carboxylic acids is 2. The van der Waals surface area contributed by atoms with Crippen molar-refractivity contribution in [2.75, 3.05) is 4.90 Å². The van der Waals surface area contributed by atoms with Crippen molar-refractivity contribution in [3.8, 4) is 0 Å². The van der Waals surface area contributed by atoms with Crippen LogP contribution in [0.3, 0.4) is 0 Å². The van der Waals surface area contributed by atoms with Crippen LogP contribution in [-0.2, 0) is 16.0 Å². The number of ether oxygens (including phenoxy) is 1. The molecule has 0 unspecified atom stereocenters. The quantitative estimate of drug-likeness (QED) is 0.451. The number of amides is 1. The van der Waals surface area contributed by atoms with Gasteiger partial charge in [0, 0.05) is 22.8 Å². The maximum absolute atomic E-state index is 12.9. The molecule has 1 heterocycles. The van der Waals surface area contributed by atoms with E-state index in [0.29, 0.717) is 6.42 Å². The molecule has 140 valence electrons. The highest BCUT2D eigenvalue weighted by atomic mass is 35.5. The number of rotatable bonds is 4. The number of anilines is 1. The van der Waals surface area contributed by atoms with Gasteiger partial charge in [-0.2, -0.15) is 0 Å². The van der Waals surface area contributed by atoms with E-state index in [1.807, 2.05) is 31.2 Å². The van der Waals surface area contributed by atoms with Gasteiger partial charge >= 0.3 is 5.97 Å². The second-order valence-electron chi connectivity index (χ2n) is 6.36. The summed E-state index contributed by atoms with van der Waals surface area (Å²) < 4.78 is 5.23. The zero-order valence-electron chi connectivity index (χ0n) is 14.7. The zero-order valence-corrected chi connectivity index (χ0v) is 15.5. The first-order chi connectivity index (χ1) is 12.8. The fourth-order valence-electron chi connectivity index (χ4n) is 3.20. The van der Waals surface area contributed by atoms with Crippen molar-refractivity contribution in [2.45, 2.75) is 32.4 Å². The van der Waals surface area contributed by atoms with Crippen LogP contribution in [0, 0.1) is 10.1 Å². The topological polar surface area (TPSA) is 89.8 Å². The molecule has 0 bridgehead atoms. The number of nitro groups is 1. The second kappa shape index (κ2) is 7.36. The van der Waals surface area contributed by atoms with Gasteiger partial charge in [-0.05, 0) is 44.0 Å². The highest BCUT2D eigenvalue weighted by Gasteiger charge is 2.35. The molecular formula is C19H17ClN2O5. The number of hydrogen-bond donors (Lipinski definition) is 0. The molecule has 0 aromatic heterocycles. The molecular weight excluding hydrogens is 372 g/mol. The van der Waals surface area contributed by atoms with Crippen LogP contribution in [-0.4, -0.2) is 28.9 Å². The number of hydrogen-bond acceptors (Lipinski definition) is 5. The number of carbonyl (C=O) groups is 2. The molecule has 1 aliphatic rings. The van der Waals surface area contributed by atoms with Crippen molar-refractivity contribution >= 4 is 34.9 Å². The monoisotopic (exact) mass is 388 g/mol. The van der Waals surface area contributed by atoms with Gasteiger partial charge < -0.3 is 9.64 Å². The van der Waals surface area contributed by atoms with Gasteiger partial charge in [0.15, 0.2) is 6.10 Å². The van der Waals surface area contributed by atoms with Crippen LogP contribution in [0.4, 0.5) is 11.4 Å². The molecule has 27 heavy (non-hydrogen) atoms. The molecule has 2 aromatic rings. The van der Waals surface area contributed by atoms with Gasteiger partial charge in [0.25, 0.3) is 11.6 Å². The fourth-order valence-corrected chi connectivity index (χ4v) is 3.37. The summed E-state index contributed by atoms with van der Waals surface area (Å²) in [6.07, 6.45) is -0.396. The smallest absolute Gasteiger partial charge is 0.345 e. The van der Waals surface area contributed by atoms with Gasteiger partial charge in [0.2, 0.25) is 0 Å². The number of nitro benzene ring substituents is 1. The Morgan fingerprint density at radius 1 is 1.30 bits per heavy atom. The number of esters is 1. The molecule has 0 saturated carbocycles. The largest absolute Gasteiger partial charge is 0.449 e. The van der Waals surface area contributed by atoms with Crippen molar-refractivity contribution in [2.24, 2.45) is 0 Å². The van der Waals surface area contributed by atoms with Gasteiger partial charge in [-0.1, -0.05) is 29.8 Å². The summed E-state index contributed by atoms with van der Waals surface area (Å²) in [7, 11) is 0. The van der Waals surface area contributed by atoms with Gasteiger partial charge in [0.05, 0.1) is 4.92 Å². The first-order valence-corrected chi connectivity index (χ1v) is 8.73. The molecule has 0 spiro atoms. The van der Waals surface area contributed by atoms with Crippen LogP contribution in [0.15, 0.2) is 42.5 Å². The zero-order chi connectivity index (χ0) is 19.7. The van der Waals surface area contributed by atoms with Crippen LogP contribution >= 0.6 is 11.6 Å². The van der Waals surface area contributed by atoms with E-state index in [2.05, 4.69) is 0 Å². The third-order valence-corrected chi connectivity index (χ3v) is 4.69. The third-order valence-electron chi connectivity index (χ3n) is 4.45. The van der Waals surface area contributed by atoms with Gasteiger partial charge in [-0.15, -0.1) is 0 Å². The van der Waals surface area contributed by atoms with Gasteiger partial charge in [-0.25, -0.2) is 4.79 Å². The third kappa shape index (κ3) is 3.64. The maximum atomic E-state index is 12.9. The highest BCUT2D eigenvalue weighted by molar-refractivity contribution is 6.31. The Kier molecular flexibility index (Phi) is 5.14. The standard InChI is InChI=1S/C19H17ClN2O5/c1-11-9-13-5-3-4-6-16(13)21(11)18(23)12(2)27-19(24)15-10-14(20)7-8-17(15)22(25)26/h3-8,10-12H,9H2,1-2H3/t11-,12-/m1/s1. The molecule has 1 amide bonds. The molecule has 0 N–H and O–H groups in total. The molecule has 7 nitrogen and oxygen atoms in total. The lowest BCUT2D eigenvalue weighted by atomic mass is 10.1. The fraction of sp³-hybridized carbons (Fsp3) is 0.263. The summed E-state index contributed by atoms with van der Waals surface area (Å²) in [5.74, 6) is -1.35. The lowest BCUT2D eigenvalue weighted by Crippen LogP contribution is -2.43. The van der Waals surface area contributed by atoms with Crippen molar-refractivity contribution in [1.82, 2.24) is 0 Å². The Hall–Kier alpha value is -2.93. The average Bonchev–Trinajstić information content (AvgIpc) is 2.96. The van der Waals surface area contributed by atoms with E-state index in [9.17, 15) is 19.7 Å². The van der Waals surface area contributed by atoms with Crippen LogP contribution in [0.1, 0.15) is 29.8 Å². The minimum absolute atomic E-state index is 0.0726. The van der Waals surface area contributed by atoms with E-state index in [-0.39, 0.29) is 22.5 Å². The molecule has 8 heteroatoms. The minimum atomic E-state index is -1.11. The molecule has 0 saturated heterocycles. The Morgan fingerprint density at radius 3 is 2.70 bits per heavy atom. The number of fused-ring (bicyclic) bond motifs is 1. The molecule has 1 aliphatic heterocycles. The summed E-state index contributed by atoms with van der Waals surface area (Å²) in [6.45, 7) is 3.36. The average molecular weight is 389 g/mol. The van der Waals surface area contributed by atoms with Crippen molar-refractivity contribution < 1.29 is 19.2 Å². The van der Waals surface area contributed by atoms with E-state index in [1.54, 1.807) is 4.90 Å². The molecule has 0 aliphatic carbocycles. The molecule has 0 radical (unpaired) electrons. The van der Waals surface area contributed by atoms with Crippen molar-refractivity contribution in [1.29, 1.82) is 0 Å². The Bertz CT molecular complexity index is 930. The van der Waals surface area contributed by atoms with Gasteiger partial charge in [0.1, 0.15) is 5.56 Å². The number of nitrogens with zero attached hydrogens (tertiary/aromatic N) is 2. The van der Waals surface area contributed by atoms with Gasteiger partial charge in [-0.3, -0.25) is 14.9 Å². The summed E-state index contributed by atoms with van der Waals surface area (Å²) in [4.78, 5) is 37.3. The predicted molar refractivity (Wildman–Crippen MR) is 100 cm³/mol. The molecule has 3 rings (SSSR count). The SMILES string of the molecule is C[C@@H]1Cc2ccccc2N1C(=O)[C@@H](C)OC(=O)c1cc(Cl)ccc1[N+](=O)[O-]. The van der Waals surface area contributed by atoms with Crippen LogP contribution in [0.2, 0.25) is 5.02 Å². The summed E-state index contributed by atoms with van der Waals surface area (Å²) >= 11 is 5.84. The number of para-hydroxylation sites is 1. The predicted octanol–water partition coefficient (Wildman–Crippen LogP) is 3.77. The maximum Gasteiger partial charge on any atom is 0.345 e. The molecule has 0 fully saturated rings. The van der Waals surface area contributed by atoms with E-state index in [0.717, 1.165) is 23.4 Å². The normalized spacial score (nSPS) is 16.6. The van der Waals surface area contributed by atoms with E-state index >= 15 is 0 Å². The Balaban J connectivity index is 1.81. The van der Waals surface area contributed by atoms with E-state index < -0.39 is 22.7 Å². The Labute approximate surface area is 160 Å². The highest BCUT2D eigenvalue weighted by Crippen LogP contribution is 2.32. The minimum Gasteiger partial charge on any atom is -0.449 e. The summed E-state index contributed by atoms with van der Waals surface area (Å²) in [5, 5.41) is 11.3. The summed E-state index contributed by atoms with van der Waals surface area (Å²) in [5.41, 5.74) is 1.11. The van der Waals surface area contributed by atoms with Crippen LogP contribution in [0.25, 0.3) is 0 Å². The van der Waals surface area contributed by atoms with E-state index in [1.165, 1.54) is 13.0 Å². The number of halogens is 1. The first kappa shape index (κ1) is 18.8. The van der Waals surface area contributed by atoms with Crippen LogP contribution in [0.5, 0.6) is 0 Å². The van der Waals surface area contributed by atoms with E-state index in [4.69, 9.17) is 16.3 Å². The Morgan fingerprint density at radius 2 is 2.00 bits per heavy atom. The summed E-state index contributed by atoms with van der Waals surface area (Å²) in [6, 6.07) is 11.1. The lowest BCUT2D eigenvalue weighted by Gasteiger charge is -2.25.